The number of aliphatic carboxylic acids is 2. The van der Waals surface area contributed by atoms with Crippen LogP contribution in [0.1, 0.15) is 10.4 Å². The molecule has 0 bridgehead atoms. The lowest BCUT2D eigenvalue weighted by molar-refractivity contribution is -0.165. The van der Waals surface area contributed by atoms with Crippen LogP contribution in [0.15, 0.2) is 42.5 Å². The fraction of sp³-hybridized carbons (Fsp3) is 0.133. The Morgan fingerprint density at radius 3 is 1.70 bits per heavy atom. The monoisotopic (exact) mass is 322 g/mol. The molecule has 2 aromatic carbocycles. The molecule has 5 N–H and O–H groups in total. The number of carbonyl (C=O) groups is 3. The summed E-state index contributed by atoms with van der Waals surface area (Å²) in [5.41, 5.74) is 0.359. The first-order valence-corrected chi connectivity index (χ1v) is 6.28. The van der Waals surface area contributed by atoms with Gasteiger partial charge in [0.05, 0.1) is 5.56 Å². The maximum Gasteiger partial charge on any atom is 0.336 e. The van der Waals surface area contributed by atoms with Gasteiger partial charge in [-0.15, -0.1) is 0 Å². The van der Waals surface area contributed by atoms with E-state index >= 15 is 0 Å². The second kappa shape index (κ2) is 7.87. The number of fused-ring (bicyclic) bond motifs is 1. The molecule has 2 unspecified atom stereocenters. The molecular weight excluding hydrogens is 308 g/mol. The molecule has 0 saturated heterocycles. The minimum absolute atomic E-state index is 0.359. The highest BCUT2D eigenvalue weighted by Crippen LogP contribution is 2.17. The van der Waals surface area contributed by atoms with Gasteiger partial charge < -0.3 is 25.5 Å². The minimum atomic E-state index is -2.27. The van der Waals surface area contributed by atoms with Crippen molar-refractivity contribution >= 4 is 28.7 Å². The molecular formula is C15H14O8. The van der Waals surface area contributed by atoms with Crippen LogP contribution in [0.4, 0.5) is 0 Å². The number of rotatable bonds is 4. The zero-order valence-electron chi connectivity index (χ0n) is 11.7. The van der Waals surface area contributed by atoms with E-state index in [0.717, 1.165) is 10.8 Å². The number of hydrogen-bond donors (Lipinski definition) is 5. The summed E-state index contributed by atoms with van der Waals surface area (Å²) < 4.78 is 0. The van der Waals surface area contributed by atoms with Crippen LogP contribution in [-0.2, 0) is 9.59 Å². The van der Waals surface area contributed by atoms with Crippen molar-refractivity contribution in [2.24, 2.45) is 0 Å². The molecule has 0 aromatic heterocycles. The molecule has 0 aliphatic carbocycles. The summed E-state index contributed by atoms with van der Waals surface area (Å²) in [6, 6.07) is 12.7. The van der Waals surface area contributed by atoms with Crippen LogP contribution in [-0.4, -0.2) is 55.6 Å². The van der Waals surface area contributed by atoms with Gasteiger partial charge in [-0.25, -0.2) is 14.4 Å². The maximum atomic E-state index is 10.8. The van der Waals surface area contributed by atoms with Crippen molar-refractivity contribution in [2.45, 2.75) is 12.2 Å². The van der Waals surface area contributed by atoms with Crippen molar-refractivity contribution < 1.29 is 39.9 Å². The molecule has 23 heavy (non-hydrogen) atoms. The maximum absolute atomic E-state index is 10.8. The Hall–Kier alpha value is -2.97. The number of aliphatic hydroxyl groups is 2. The molecule has 0 fully saturated rings. The van der Waals surface area contributed by atoms with E-state index in [0.29, 0.717) is 5.56 Å². The molecule has 0 aliphatic rings. The summed E-state index contributed by atoms with van der Waals surface area (Å²) in [7, 11) is 0. The van der Waals surface area contributed by atoms with Gasteiger partial charge in [0.25, 0.3) is 0 Å². The fourth-order valence-corrected chi connectivity index (χ4v) is 1.68. The van der Waals surface area contributed by atoms with E-state index in [9.17, 15) is 14.4 Å². The normalized spacial score (nSPS) is 12.6. The molecule has 0 saturated carbocycles. The summed E-state index contributed by atoms with van der Waals surface area (Å²) >= 11 is 0. The highest BCUT2D eigenvalue weighted by molar-refractivity contribution is 6.03. The van der Waals surface area contributed by atoms with Gasteiger partial charge in [0.15, 0.2) is 12.2 Å². The van der Waals surface area contributed by atoms with Crippen molar-refractivity contribution in [3.05, 3.63) is 48.0 Å². The number of hydrogen-bond acceptors (Lipinski definition) is 5. The van der Waals surface area contributed by atoms with Gasteiger partial charge in [-0.3, -0.25) is 0 Å². The molecule has 8 nitrogen and oxygen atoms in total. The lowest BCUT2D eigenvalue weighted by Crippen LogP contribution is -2.39. The van der Waals surface area contributed by atoms with E-state index in [-0.39, 0.29) is 0 Å². The Balaban J connectivity index is 0.000000241. The molecule has 0 radical (unpaired) electrons. The van der Waals surface area contributed by atoms with Gasteiger partial charge in [-0.05, 0) is 16.8 Å². The molecule has 0 spiro atoms. The van der Waals surface area contributed by atoms with E-state index in [1.54, 1.807) is 12.1 Å². The second-order valence-corrected chi connectivity index (χ2v) is 4.40. The van der Waals surface area contributed by atoms with Crippen LogP contribution >= 0.6 is 0 Å². The van der Waals surface area contributed by atoms with Crippen molar-refractivity contribution in [1.29, 1.82) is 0 Å². The Labute approximate surface area is 129 Å². The standard InChI is InChI=1S/C11H8O2.C4H6O6/c12-11(13)10-7-3-5-8-4-1-2-6-9(8)10;5-1(3(7)8)2(6)4(9)10/h1-7H,(H,12,13);1-2,5-6H,(H,7,8)(H,9,10). The van der Waals surface area contributed by atoms with Gasteiger partial charge in [0, 0.05) is 0 Å². The molecule has 0 amide bonds. The first-order valence-electron chi connectivity index (χ1n) is 6.28. The van der Waals surface area contributed by atoms with Crippen molar-refractivity contribution in [2.75, 3.05) is 0 Å². The summed E-state index contributed by atoms with van der Waals surface area (Å²) in [4.78, 5) is 30.4. The van der Waals surface area contributed by atoms with Gasteiger partial charge in [-0.1, -0.05) is 36.4 Å². The van der Waals surface area contributed by atoms with E-state index in [2.05, 4.69) is 0 Å². The molecule has 2 atom stereocenters. The quantitative estimate of drug-likeness (QED) is 0.543. The van der Waals surface area contributed by atoms with Crippen molar-refractivity contribution in [3.63, 3.8) is 0 Å². The summed E-state index contributed by atoms with van der Waals surface area (Å²) in [6.07, 6.45) is -4.53. The third-order valence-electron chi connectivity index (χ3n) is 2.83. The van der Waals surface area contributed by atoms with Crippen LogP contribution < -0.4 is 0 Å². The Morgan fingerprint density at radius 1 is 0.739 bits per heavy atom. The summed E-state index contributed by atoms with van der Waals surface area (Å²) in [5.74, 6) is -4.42. The Kier molecular flexibility index (Phi) is 6.19. The highest BCUT2D eigenvalue weighted by Gasteiger charge is 2.29. The third kappa shape index (κ3) is 4.77. The van der Waals surface area contributed by atoms with Gasteiger partial charge in [-0.2, -0.15) is 0 Å². The van der Waals surface area contributed by atoms with Crippen LogP contribution in [0.25, 0.3) is 10.8 Å². The topological polar surface area (TPSA) is 152 Å². The predicted molar refractivity (Wildman–Crippen MR) is 78.2 cm³/mol. The summed E-state index contributed by atoms with van der Waals surface area (Å²) in [6.45, 7) is 0. The third-order valence-corrected chi connectivity index (χ3v) is 2.83. The molecule has 2 aromatic rings. The van der Waals surface area contributed by atoms with Crippen LogP contribution in [0, 0.1) is 0 Å². The molecule has 0 heterocycles. The van der Waals surface area contributed by atoms with Gasteiger partial charge >= 0.3 is 17.9 Å². The Bertz CT molecular complexity index is 701. The van der Waals surface area contributed by atoms with Crippen molar-refractivity contribution in [1.82, 2.24) is 0 Å². The minimum Gasteiger partial charge on any atom is -0.479 e. The van der Waals surface area contributed by atoms with Crippen LogP contribution in [0.5, 0.6) is 0 Å². The predicted octanol–water partition coefficient (Wildman–Crippen LogP) is 0.415. The first kappa shape index (κ1) is 18.1. The summed E-state index contributed by atoms with van der Waals surface area (Å²) in [5, 5.41) is 43.2. The SMILES string of the molecule is O=C(O)C(O)C(O)C(=O)O.O=C(O)c1cccc2ccccc12. The van der Waals surface area contributed by atoms with Crippen molar-refractivity contribution in [3.8, 4) is 0 Å². The zero-order valence-corrected chi connectivity index (χ0v) is 11.7. The van der Waals surface area contributed by atoms with E-state index in [4.69, 9.17) is 25.5 Å². The molecule has 0 aliphatic heterocycles. The Morgan fingerprint density at radius 2 is 1.22 bits per heavy atom. The first-order chi connectivity index (χ1) is 10.8. The van der Waals surface area contributed by atoms with Gasteiger partial charge in [0.2, 0.25) is 0 Å². The second-order valence-electron chi connectivity index (χ2n) is 4.40. The van der Waals surface area contributed by atoms with Gasteiger partial charge in [0.1, 0.15) is 0 Å². The lowest BCUT2D eigenvalue weighted by Gasteiger charge is -2.07. The number of aromatic carboxylic acids is 1. The van der Waals surface area contributed by atoms with Crippen LogP contribution in [0.3, 0.4) is 0 Å². The average molecular weight is 322 g/mol. The molecule has 2 rings (SSSR count). The number of aliphatic hydroxyl groups excluding tert-OH is 2. The fourth-order valence-electron chi connectivity index (χ4n) is 1.68. The molecule has 122 valence electrons. The lowest BCUT2D eigenvalue weighted by atomic mass is 10.1. The number of carboxylic acids is 3. The van der Waals surface area contributed by atoms with E-state index in [1.165, 1.54) is 0 Å². The van der Waals surface area contributed by atoms with E-state index < -0.39 is 30.1 Å². The zero-order chi connectivity index (χ0) is 17.6. The number of carboxylic acid groups (broad SMARTS) is 3. The molecule has 8 heteroatoms. The smallest absolute Gasteiger partial charge is 0.336 e. The number of benzene rings is 2. The van der Waals surface area contributed by atoms with Crippen LogP contribution in [0.2, 0.25) is 0 Å². The largest absolute Gasteiger partial charge is 0.479 e. The average Bonchev–Trinajstić information content (AvgIpc) is 2.53. The van der Waals surface area contributed by atoms with E-state index in [1.807, 2.05) is 30.3 Å². The highest BCUT2D eigenvalue weighted by atomic mass is 16.4.